The summed E-state index contributed by atoms with van der Waals surface area (Å²) in [6, 6.07) is 58.4. The molecule has 0 N–H and O–H groups in total. The van der Waals surface area contributed by atoms with Gasteiger partial charge in [-0.15, -0.1) is 0 Å². The molecule has 0 atom stereocenters. The summed E-state index contributed by atoms with van der Waals surface area (Å²) in [5.74, 6) is 0. The van der Waals surface area contributed by atoms with Crippen LogP contribution in [-0.2, 0) is 0 Å². The van der Waals surface area contributed by atoms with Crippen molar-refractivity contribution < 1.29 is 4.42 Å². The van der Waals surface area contributed by atoms with Gasteiger partial charge in [0.2, 0.25) is 0 Å². The number of para-hydroxylation sites is 4. The third-order valence-corrected chi connectivity index (χ3v) is 8.83. The molecule has 2 heteroatoms. The van der Waals surface area contributed by atoms with Crippen molar-refractivity contribution in [2.75, 3.05) is 0 Å². The topological polar surface area (TPSA) is 18.1 Å². The maximum absolute atomic E-state index is 6.29. The lowest BCUT2D eigenvalue weighted by atomic mass is 9.91. The molecule has 0 spiro atoms. The number of hydrogen-bond donors (Lipinski definition) is 0. The third kappa shape index (κ3) is 3.68. The summed E-state index contributed by atoms with van der Waals surface area (Å²) in [5, 5.41) is 4.78. The smallest absolute Gasteiger partial charge is 0.136 e. The molecule has 2 nitrogen and oxygen atoms in total. The number of fused-ring (bicyclic) bond motifs is 6. The molecule has 9 rings (SSSR count). The minimum atomic E-state index is 0.904. The number of hydrogen-bond acceptors (Lipinski definition) is 1. The highest BCUT2D eigenvalue weighted by atomic mass is 16.3. The van der Waals surface area contributed by atoms with Gasteiger partial charge in [0.05, 0.1) is 16.7 Å². The second-order valence-electron chi connectivity index (χ2n) is 11.3. The zero-order valence-corrected chi connectivity index (χ0v) is 23.9. The van der Waals surface area contributed by atoms with Crippen molar-refractivity contribution in [1.82, 2.24) is 4.57 Å². The van der Waals surface area contributed by atoms with Crippen molar-refractivity contribution in [2.45, 2.75) is 0 Å². The van der Waals surface area contributed by atoms with E-state index in [1.165, 1.54) is 55.2 Å². The van der Waals surface area contributed by atoms with E-state index in [9.17, 15) is 0 Å². The van der Waals surface area contributed by atoms with Crippen molar-refractivity contribution in [3.63, 3.8) is 0 Å². The van der Waals surface area contributed by atoms with Gasteiger partial charge < -0.3 is 8.98 Å². The number of benzene rings is 7. The van der Waals surface area contributed by atoms with Crippen LogP contribution in [0.25, 0.3) is 82.8 Å². The van der Waals surface area contributed by atoms with Gasteiger partial charge in [0.25, 0.3) is 0 Å². The van der Waals surface area contributed by atoms with Crippen LogP contribution in [0.15, 0.2) is 168 Å². The molecule has 0 aliphatic heterocycles. The van der Waals surface area contributed by atoms with Gasteiger partial charge >= 0.3 is 0 Å². The zero-order valence-electron chi connectivity index (χ0n) is 23.9. The van der Waals surface area contributed by atoms with Gasteiger partial charge in [0.15, 0.2) is 0 Å². The van der Waals surface area contributed by atoms with E-state index in [-0.39, 0.29) is 0 Å². The lowest BCUT2D eigenvalue weighted by molar-refractivity contribution is 0.669. The minimum Gasteiger partial charge on any atom is -0.456 e. The van der Waals surface area contributed by atoms with Crippen LogP contribution < -0.4 is 0 Å². The lowest BCUT2D eigenvalue weighted by Gasteiger charge is -2.18. The number of nitrogens with zero attached hydrogens (tertiary/aromatic N) is 1. The Hall–Kier alpha value is -5.86. The van der Waals surface area contributed by atoms with Crippen LogP contribution in [0.1, 0.15) is 0 Å². The third-order valence-electron chi connectivity index (χ3n) is 8.83. The molecular formula is C42H27NO. The second-order valence-corrected chi connectivity index (χ2v) is 11.3. The Balaban J connectivity index is 1.36. The Bertz CT molecular complexity index is 2500. The first-order valence-corrected chi connectivity index (χ1v) is 15.0. The summed E-state index contributed by atoms with van der Waals surface area (Å²) < 4.78 is 8.76. The Morgan fingerprint density at radius 3 is 1.80 bits per heavy atom. The molecule has 0 amide bonds. The maximum Gasteiger partial charge on any atom is 0.136 e. The maximum atomic E-state index is 6.29. The standard InChI is InChI=1S/C42H27NO/c1-2-14-28(15-3-1)29-21-12-23-35-33-19-7-10-25-38(33)43(42(29)35)37-24-9-6-18-32(37)30-16-4-5-17-31(30)34-22-13-27-40-41(34)36-20-8-11-26-39(36)44-40/h1-27H. The molecule has 206 valence electrons. The van der Waals surface area contributed by atoms with Crippen molar-refractivity contribution in [2.24, 2.45) is 0 Å². The second kappa shape index (κ2) is 9.86. The SMILES string of the molecule is c1ccc(-c2cccc3c4ccccc4n(-c4ccccc4-c4ccccc4-c4cccc5oc6ccccc6c45)c23)cc1. The van der Waals surface area contributed by atoms with Crippen molar-refractivity contribution in [3.05, 3.63) is 164 Å². The predicted molar refractivity (Wildman–Crippen MR) is 184 cm³/mol. The average Bonchev–Trinajstić information content (AvgIpc) is 3.65. The van der Waals surface area contributed by atoms with Crippen LogP contribution in [0, 0.1) is 0 Å². The Labute approximate surface area is 255 Å². The fraction of sp³-hybridized carbons (Fsp3) is 0. The van der Waals surface area contributed by atoms with Crippen molar-refractivity contribution in [1.29, 1.82) is 0 Å². The molecule has 44 heavy (non-hydrogen) atoms. The Kier molecular flexibility index (Phi) is 5.54. The van der Waals surface area contributed by atoms with Crippen LogP contribution >= 0.6 is 0 Å². The van der Waals surface area contributed by atoms with Crippen molar-refractivity contribution in [3.8, 4) is 39.1 Å². The molecule has 9 aromatic rings. The van der Waals surface area contributed by atoms with E-state index in [1.54, 1.807) is 0 Å². The van der Waals surface area contributed by atoms with E-state index in [0.29, 0.717) is 0 Å². The molecule has 0 unspecified atom stereocenters. The predicted octanol–water partition coefficient (Wildman–Crippen LogP) is 11.7. The highest BCUT2D eigenvalue weighted by Crippen LogP contribution is 2.44. The van der Waals surface area contributed by atoms with E-state index >= 15 is 0 Å². The molecule has 0 saturated heterocycles. The van der Waals surface area contributed by atoms with Gasteiger partial charge in [-0.3, -0.25) is 0 Å². The summed E-state index contributed by atoms with van der Waals surface area (Å²) in [6.07, 6.45) is 0. The first kappa shape index (κ1) is 24.7. The Morgan fingerprint density at radius 1 is 0.364 bits per heavy atom. The molecular weight excluding hydrogens is 534 g/mol. The van der Waals surface area contributed by atoms with Gasteiger partial charge in [0, 0.05) is 32.7 Å². The molecule has 2 heterocycles. The molecule has 0 aliphatic rings. The largest absolute Gasteiger partial charge is 0.456 e. The molecule has 0 radical (unpaired) electrons. The van der Waals surface area contributed by atoms with Gasteiger partial charge in [0.1, 0.15) is 11.2 Å². The molecule has 7 aromatic carbocycles. The van der Waals surface area contributed by atoms with E-state index in [2.05, 4.69) is 156 Å². The monoisotopic (exact) mass is 561 g/mol. The van der Waals surface area contributed by atoms with Gasteiger partial charge in [-0.25, -0.2) is 0 Å². The van der Waals surface area contributed by atoms with Crippen LogP contribution in [0.3, 0.4) is 0 Å². The fourth-order valence-electron chi connectivity index (χ4n) is 6.97. The highest BCUT2D eigenvalue weighted by Gasteiger charge is 2.21. The average molecular weight is 562 g/mol. The summed E-state index contributed by atoms with van der Waals surface area (Å²) >= 11 is 0. The van der Waals surface area contributed by atoms with E-state index in [0.717, 1.165) is 27.6 Å². The lowest BCUT2D eigenvalue weighted by Crippen LogP contribution is -1.99. The summed E-state index contributed by atoms with van der Waals surface area (Å²) in [7, 11) is 0. The molecule has 0 bridgehead atoms. The zero-order chi connectivity index (χ0) is 29.0. The van der Waals surface area contributed by atoms with Gasteiger partial charge in [-0.1, -0.05) is 140 Å². The first-order chi connectivity index (χ1) is 21.9. The molecule has 0 saturated carbocycles. The van der Waals surface area contributed by atoms with E-state index in [1.807, 2.05) is 12.1 Å². The molecule has 2 aromatic heterocycles. The van der Waals surface area contributed by atoms with Crippen LogP contribution in [0.4, 0.5) is 0 Å². The van der Waals surface area contributed by atoms with Gasteiger partial charge in [-0.2, -0.15) is 0 Å². The van der Waals surface area contributed by atoms with Crippen LogP contribution in [0.2, 0.25) is 0 Å². The minimum absolute atomic E-state index is 0.904. The van der Waals surface area contributed by atoms with Gasteiger partial charge in [-0.05, 0) is 46.5 Å². The van der Waals surface area contributed by atoms with Crippen LogP contribution in [0.5, 0.6) is 0 Å². The summed E-state index contributed by atoms with van der Waals surface area (Å²) in [6.45, 7) is 0. The van der Waals surface area contributed by atoms with E-state index in [4.69, 9.17) is 4.42 Å². The highest BCUT2D eigenvalue weighted by molar-refractivity contribution is 6.16. The van der Waals surface area contributed by atoms with E-state index < -0.39 is 0 Å². The number of furan rings is 1. The normalized spacial score (nSPS) is 11.6. The molecule has 0 fully saturated rings. The summed E-state index contributed by atoms with van der Waals surface area (Å²) in [4.78, 5) is 0. The van der Waals surface area contributed by atoms with Crippen LogP contribution in [-0.4, -0.2) is 4.57 Å². The first-order valence-electron chi connectivity index (χ1n) is 15.0. The summed E-state index contributed by atoms with van der Waals surface area (Å²) in [5.41, 5.74) is 12.5. The molecule has 0 aliphatic carbocycles. The van der Waals surface area contributed by atoms with Crippen molar-refractivity contribution >= 4 is 43.7 Å². The number of rotatable bonds is 4. The quantitative estimate of drug-likeness (QED) is 0.209. The number of aromatic nitrogens is 1. The fourth-order valence-corrected chi connectivity index (χ4v) is 6.97. The Morgan fingerprint density at radius 2 is 0.932 bits per heavy atom.